The number of nitrogens with one attached hydrogen (secondary N) is 1. The molecule has 1 aliphatic heterocycles. The molecule has 1 aromatic heterocycles. The lowest BCUT2D eigenvalue weighted by Gasteiger charge is -2.30. The Morgan fingerprint density at radius 1 is 1.04 bits per heavy atom. The molecule has 0 spiro atoms. The molecule has 0 unspecified atom stereocenters. The second kappa shape index (κ2) is 6.59. The van der Waals surface area contributed by atoms with E-state index in [0.29, 0.717) is 5.91 Å². The number of carbonyl (C=O) groups is 1. The van der Waals surface area contributed by atoms with Gasteiger partial charge in [0.1, 0.15) is 0 Å². The van der Waals surface area contributed by atoms with Gasteiger partial charge in [-0.2, -0.15) is 0 Å². The molecule has 1 saturated heterocycles. The summed E-state index contributed by atoms with van der Waals surface area (Å²) in [5.41, 5.74) is 9.55. The fourth-order valence-corrected chi connectivity index (χ4v) is 3.21. The van der Waals surface area contributed by atoms with Gasteiger partial charge in [-0.25, -0.2) is 4.98 Å². The van der Waals surface area contributed by atoms with Crippen LogP contribution < -0.4 is 11.1 Å². The van der Waals surface area contributed by atoms with Crippen LogP contribution in [0.3, 0.4) is 0 Å². The number of amides is 1. The van der Waals surface area contributed by atoms with Crippen molar-refractivity contribution in [3.05, 3.63) is 42.5 Å². The molecule has 5 nitrogen and oxygen atoms in total. The van der Waals surface area contributed by atoms with E-state index < -0.39 is 0 Å². The third-order valence-corrected chi connectivity index (χ3v) is 4.77. The Labute approximate surface area is 146 Å². The lowest BCUT2D eigenvalue weighted by atomic mass is 10.1. The van der Waals surface area contributed by atoms with Crippen LogP contribution in [0, 0.1) is 0 Å². The molecule has 0 aliphatic carbocycles. The molecule has 4 rings (SSSR count). The van der Waals surface area contributed by atoms with Crippen LogP contribution in [0.1, 0.15) is 19.3 Å². The van der Waals surface area contributed by atoms with E-state index in [4.69, 9.17) is 10.7 Å². The summed E-state index contributed by atoms with van der Waals surface area (Å²) in [6.45, 7) is 2.71. The number of unbranched alkanes of at least 4 members (excludes halogenated alkanes) is 1. The number of hydrogen-bond donors (Lipinski definition) is 2. The minimum absolute atomic E-state index is 0.293. The van der Waals surface area contributed by atoms with Gasteiger partial charge in [0.15, 0.2) is 0 Å². The average molecular weight is 334 g/mol. The predicted octanol–water partition coefficient (Wildman–Crippen LogP) is 3.39. The molecule has 128 valence electrons. The van der Waals surface area contributed by atoms with Gasteiger partial charge in [-0.1, -0.05) is 12.1 Å². The van der Waals surface area contributed by atoms with Crippen LogP contribution in [0.4, 0.5) is 11.4 Å². The average Bonchev–Trinajstić information content (AvgIpc) is 2.61. The zero-order chi connectivity index (χ0) is 17.2. The molecule has 3 aromatic rings. The summed E-state index contributed by atoms with van der Waals surface area (Å²) in [4.78, 5) is 17.9. The number of anilines is 2. The van der Waals surface area contributed by atoms with Gasteiger partial charge in [0.25, 0.3) is 0 Å². The Morgan fingerprint density at radius 3 is 2.60 bits per heavy atom. The first-order valence-electron chi connectivity index (χ1n) is 8.81. The maximum Gasteiger partial charge on any atom is 0.224 e. The Kier molecular flexibility index (Phi) is 4.14. The number of pyridine rings is 1. The Hall–Kier alpha value is -2.82. The summed E-state index contributed by atoms with van der Waals surface area (Å²) in [5.74, 6) is 0.293. The molecule has 0 saturated carbocycles. The molecule has 0 bridgehead atoms. The first kappa shape index (κ1) is 15.7. The van der Waals surface area contributed by atoms with Crippen molar-refractivity contribution in [2.75, 3.05) is 30.7 Å². The van der Waals surface area contributed by atoms with Crippen LogP contribution in [0.5, 0.6) is 0 Å². The van der Waals surface area contributed by atoms with Gasteiger partial charge in [-0.15, -0.1) is 0 Å². The molecule has 0 atom stereocenters. The SMILES string of the molecule is Nc1ccc2cc3ccc(NCCCCN4CCC4=O)cc3nc2c1. The zero-order valence-electron chi connectivity index (χ0n) is 14.2. The topological polar surface area (TPSA) is 71.2 Å². The van der Waals surface area contributed by atoms with E-state index in [1.807, 2.05) is 23.1 Å². The van der Waals surface area contributed by atoms with Crippen LogP contribution in [-0.2, 0) is 4.79 Å². The lowest BCUT2D eigenvalue weighted by Crippen LogP contribution is -2.43. The highest BCUT2D eigenvalue weighted by molar-refractivity contribution is 5.94. The highest BCUT2D eigenvalue weighted by atomic mass is 16.2. The van der Waals surface area contributed by atoms with Gasteiger partial charge in [0, 0.05) is 48.2 Å². The molecule has 2 heterocycles. The fraction of sp³-hybridized carbons (Fsp3) is 0.300. The minimum Gasteiger partial charge on any atom is -0.399 e. The first-order chi connectivity index (χ1) is 12.2. The van der Waals surface area contributed by atoms with Gasteiger partial charge in [0.05, 0.1) is 11.0 Å². The summed E-state index contributed by atoms with van der Waals surface area (Å²) in [6.07, 6.45) is 2.81. The van der Waals surface area contributed by atoms with Crippen molar-refractivity contribution in [2.45, 2.75) is 19.3 Å². The van der Waals surface area contributed by atoms with E-state index in [2.05, 4.69) is 29.6 Å². The van der Waals surface area contributed by atoms with Crippen LogP contribution in [0.2, 0.25) is 0 Å². The van der Waals surface area contributed by atoms with Gasteiger partial charge in [0.2, 0.25) is 5.91 Å². The summed E-state index contributed by atoms with van der Waals surface area (Å²) in [5, 5.41) is 5.67. The Morgan fingerprint density at radius 2 is 1.84 bits per heavy atom. The largest absolute Gasteiger partial charge is 0.399 e. The normalized spacial score (nSPS) is 14.1. The quantitative estimate of drug-likeness (QED) is 0.314. The van der Waals surface area contributed by atoms with Crippen LogP contribution in [-0.4, -0.2) is 35.4 Å². The molecule has 0 radical (unpaired) electrons. The van der Waals surface area contributed by atoms with Gasteiger partial charge < -0.3 is 16.0 Å². The van der Waals surface area contributed by atoms with Gasteiger partial charge in [-0.3, -0.25) is 4.79 Å². The van der Waals surface area contributed by atoms with Crippen LogP contribution in [0.15, 0.2) is 42.5 Å². The summed E-state index contributed by atoms with van der Waals surface area (Å²) < 4.78 is 0. The van der Waals surface area contributed by atoms with Crippen LogP contribution >= 0.6 is 0 Å². The van der Waals surface area contributed by atoms with E-state index in [9.17, 15) is 4.79 Å². The molecule has 25 heavy (non-hydrogen) atoms. The number of nitrogen functional groups attached to an aromatic ring is 1. The molecule has 5 heteroatoms. The number of fused-ring (bicyclic) bond motifs is 2. The van der Waals surface area contributed by atoms with E-state index in [0.717, 1.165) is 72.1 Å². The number of hydrogen-bond acceptors (Lipinski definition) is 4. The minimum atomic E-state index is 0.293. The lowest BCUT2D eigenvalue weighted by molar-refractivity contribution is -0.139. The smallest absolute Gasteiger partial charge is 0.224 e. The molecule has 1 amide bonds. The standard InChI is InChI=1S/C20H22N4O/c21-16-5-3-14-11-15-4-6-17(13-19(15)23-18(14)12-16)22-8-1-2-9-24-10-7-20(24)25/h3-6,11-13,22H,1-2,7-10,21H2. The third kappa shape index (κ3) is 3.36. The van der Waals surface area contributed by atoms with Crippen molar-refractivity contribution in [1.29, 1.82) is 0 Å². The van der Waals surface area contributed by atoms with Gasteiger partial charge in [-0.05, 0) is 43.2 Å². The Bertz CT molecular complexity index is 938. The van der Waals surface area contributed by atoms with E-state index in [-0.39, 0.29) is 0 Å². The maximum atomic E-state index is 11.2. The van der Waals surface area contributed by atoms with Crippen molar-refractivity contribution in [2.24, 2.45) is 0 Å². The second-order valence-electron chi connectivity index (χ2n) is 6.61. The molecule has 2 aromatic carbocycles. The number of β-lactam (4-membered cyclic amide) rings is 1. The molecule has 1 fully saturated rings. The monoisotopic (exact) mass is 334 g/mol. The first-order valence-corrected chi connectivity index (χ1v) is 8.81. The van der Waals surface area contributed by atoms with E-state index >= 15 is 0 Å². The molecular weight excluding hydrogens is 312 g/mol. The molecular formula is C20H22N4O. The second-order valence-corrected chi connectivity index (χ2v) is 6.61. The van der Waals surface area contributed by atoms with Crippen molar-refractivity contribution in [3.63, 3.8) is 0 Å². The number of rotatable bonds is 6. The third-order valence-electron chi connectivity index (χ3n) is 4.77. The van der Waals surface area contributed by atoms with Gasteiger partial charge >= 0.3 is 0 Å². The van der Waals surface area contributed by atoms with E-state index in [1.54, 1.807) is 0 Å². The Balaban J connectivity index is 1.39. The van der Waals surface area contributed by atoms with Crippen molar-refractivity contribution in [1.82, 2.24) is 9.88 Å². The predicted molar refractivity (Wildman–Crippen MR) is 103 cm³/mol. The van der Waals surface area contributed by atoms with Crippen molar-refractivity contribution >= 4 is 39.1 Å². The van der Waals surface area contributed by atoms with Crippen molar-refractivity contribution in [3.8, 4) is 0 Å². The highest BCUT2D eigenvalue weighted by Crippen LogP contribution is 2.24. The van der Waals surface area contributed by atoms with Crippen LogP contribution in [0.25, 0.3) is 21.8 Å². The number of carbonyl (C=O) groups excluding carboxylic acids is 1. The number of nitrogens with zero attached hydrogens (tertiary/aromatic N) is 2. The number of likely N-dealkylation sites (tertiary alicyclic amines) is 1. The number of aromatic nitrogens is 1. The summed E-state index contributed by atoms with van der Waals surface area (Å²) in [7, 11) is 0. The molecule has 3 N–H and O–H groups in total. The fourth-order valence-electron chi connectivity index (χ4n) is 3.21. The highest BCUT2D eigenvalue weighted by Gasteiger charge is 2.22. The zero-order valence-corrected chi connectivity index (χ0v) is 14.2. The molecule has 1 aliphatic rings. The number of benzene rings is 2. The van der Waals surface area contributed by atoms with E-state index in [1.165, 1.54) is 0 Å². The maximum absolute atomic E-state index is 11.2. The summed E-state index contributed by atoms with van der Waals surface area (Å²) in [6, 6.07) is 14.2. The number of nitrogens with two attached hydrogens (primary N) is 1. The van der Waals surface area contributed by atoms with Crippen molar-refractivity contribution < 1.29 is 4.79 Å². The summed E-state index contributed by atoms with van der Waals surface area (Å²) >= 11 is 0.